The van der Waals surface area contributed by atoms with Crippen LogP contribution in [0.4, 0.5) is 4.79 Å². The van der Waals surface area contributed by atoms with Gasteiger partial charge in [0.25, 0.3) is 5.89 Å². The zero-order chi connectivity index (χ0) is 15.4. The van der Waals surface area contributed by atoms with E-state index in [-0.39, 0.29) is 11.9 Å². The van der Waals surface area contributed by atoms with Gasteiger partial charge in [-0.15, -0.1) is 16.8 Å². The molecular weight excluding hydrogens is 284 g/mol. The van der Waals surface area contributed by atoms with E-state index >= 15 is 0 Å². The molecule has 116 valence electrons. The van der Waals surface area contributed by atoms with Gasteiger partial charge in [-0.3, -0.25) is 0 Å². The molecule has 2 aromatic heterocycles. The molecule has 2 amide bonds. The molecule has 1 aliphatic heterocycles. The summed E-state index contributed by atoms with van der Waals surface area (Å²) in [4.78, 5) is 13.7. The fraction of sp³-hybridized carbons (Fsp3) is 0.400. The van der Waals surface area contributed by atoms with Crippen molar-refractivity contribution in [3.8, 4) is 11.7 Å². The molecule has 2 aromatic rings. The van der Waals surface area contributed by atoms with Crippen LogP contribution in [-0.4, -0.2) is 40.8 Å². The summed E-state index contributed by atoms with van der Waals surface area (Å²) in [5.41, 5.74) is 0. The number of likely N-dealkylation sites (tertiary alicyclic amines) is 1. The minimum atomic E-state index is -0.0554. The molecular formula is C15H18N4O3. The van der Waals surface area contributed by atoms with Crippen LogP contribution < -0.4 is 5.32 Å². The lowest BCUT2D eigenvalue weighted by atomic mass is 9.97. The fourth-order valence-corrected chi connectivity index (χ4v) is 2.50. The Morgan fingerprint density at radius 2 is 2.27 bits per heavy atom. The van der Waals surface area contributed by atoms with Crippen LogP contribution >= 0.6 is 0 Å². The second-order valence-electron chi connectivity index (χ2n) is 5.16. The number of hydrogen-bond donors (Lipinski definition) is 1. The van der Waals surface area contributed by atoms with Gasteiger partial charge < -0.3 is 19.1 Å². The summed E-state index contributed by atoms with van der Waals surface area (Å²) in [7, 11) is 0. The molecule has 0 atom stereocenters. The molecule has 0 spiro atoms. The van der Waals surface area contributed by atoms with Crippen molar-refractivity contribution in [2.75, 3.05) is 19.6 Å². The van der Waals surface area contributed by atoms with E-state index in [0.717, 1.165) is 12.8 Å². The number of aromatic nitrogens is 2. The van der Waals surface area contributed by atoms with Crippen molar-refractivity contribution in [3.05, 3.63) is 36.9 Å². The third-order valence-corrected chi connectivity index (χ3v) is 3.70. The summed E-state index contributed by atoms with van der Waals surface area (Å²) in [6.07, 6.45) is 4.85. The highest BCUT2D eigenvalue weighted by atomic mass is 16.4. The Labute approximate surface area is 128 Å². The molecule has 1 N–H and O–H groups in total. The maximum absolute atomic E-state index is 11.9. The van der Waals surface area contributed by atoms with Gasteiger partial charge in [0, 0.05) is 25.6 Å². The van der Waals surface area contributed by atoms with Gasteiger partial charge in [-0.1, -0.05) is 6.08 Å². The minimum absolute atomic E-state index is 0.0554. The molecule has 0 unspecified atom stereocenters. The van der Waals surface area contributed by atoms with Gasteiger partial charge in [-0.25, -0.2) is 4.79 Å². The second-order valence-corrected chi connectivity index (χ2v) is 5.16. The summed E-state index contributed by atoms with van der Waals surface area (Å²) in [6, 6.07) is 3.50. The standard InChI is InChI=1S/C15H18N4O3/c1-2-7-16-15(20)19-8-5-11(6-9-19)13-17-18-14(22-13)12-4-3-10-21-12/h2-4,10-11H,1,5-9H2,(H,16,20). The van der Waals surface area contributed by atoms with Crippen molar-refractivity contribution in [3.63, 3.8) is 0 Å². The molecule has 7 nitrogen and oxygen atoms in total. The molecule has 0 radical (unpaired) electrons. The number of carbonyl (C=O) groups is 1. The molecule has 7 heteroatoms. The van der Waals surface area contributed by atoms with Crippen LogP contribution in [0.1, 0.15) is 24.7 Å². The molecule has 3 heterocycles. The van der Waals surface area contributed by atoms with Gasteiger partial charge in [0.05, 0.1) is 6.26 Å². The quantitative estimate of drug-likeness (QED) is 0.877. The number of carbonyl (C=O) groups excluding carboxylic acids is 1. The average molecular weight is 302 g/mol. The lowest BCUT2D eigenvalue weighted by molar-refractivity contribution is 0.178. The van der Waals surface area contributed by atoms with Crippen molar-refractivity contribution in [1.82, 2.24) is 20.4 Å². The minimum Gasteiger partial charge on any atom is -0.459 e. The van der Waals surface area contributed by atoms with E-state index in [1.807, 2.05) is 0 Å². The Hall–Kier alpha value is -2.57. The topological polar surface area (TPSA) is 84.4 Å². The number of hydrogen-bond acceptors (Lipinski definition) is 5. The van der Waals surface area contributed by atoms with Gasteiger partial charge >= 0.3 is 6.03 Å². The van der Waals surface area contributed by atoms with Crippen molar-refractivity contribution < 1.29 is 13.6 Å². The van der Waals surface area contributed by atoms with Crippen LogP contribution in [0, 0.1) is 0 Å². The maximum atomic E-state index is 11.9. The zero-order valence-electron chi connectivity index (χ0n) is 12.2. The van der Waals surface area contributed by atoms with Gasteiger partial charge in [-0.05, 0) is 25.0 Å². The molecule has 0 bridgehead atoms. The summed E-state index contributed by atoms with van der Waals surface area (Å²) in [5.74, 6) is 1.75. The van der Waals surface area contributed by atoms with E-state index in [2.05, 4.69) is 22.1 Å². The molecule has 22 heavy (non-hydrogen) atoms. The van der Waals surface area contributed by atoms with E-state index in [1.165, 1.54) is 0 Å². The van der Waals surface area contributed by atoms with Crippen molar-refractivity contribution >= 4 is 6.03 Å². The Morgan fingerprint density at radius 1 is 1.45 bits per heavy atom. The van der Waals surface area contributed by atoms with Gasteiger partial charge in [0.1, 0.15) is 0 Å². The first-order valence-electron chi connectivity index (χ1n) is 7.29. The lowest BCUT2D eigenvalue weighted by Gasteiger charge is -2.30. The van der Waals surface area contributed by atoms with E-state index in [4.69, 9.17) is 8.83 Å². The Bertz CT molecular complexity index is 627. The Balaban J connectivity index is 1.57. The van der Waals surface area contributed by atoms with E-state index in [9.17, 15) is 4.79 Å². The summed E-state index contributed by atoms with van der Waals surface area (Å²) in [5, 5.41) is 10.9. The Morgan fingerprint density at radius 3 is 2.95 bits per heavy atom. The number of nitrogens with one attached hydrogen (secondary N) is 1. The highest BCUT2D eigenvalue weighted by molar-refractivity contribution is 5.74. The highest BCUT2D eigenvalue weighted by Crippen LogP contribution is 2.29. The molecule has 0 aliphatic carbocycles. The summed E-state index contributed by atoms with van der Waals surface area (Å²) >= 11 is 0. The van der Waals surface area contributed by atoms with Gasteiger partial charge in [0.2, 0.25) is 5.89 Å². The third kappa shape index (κ3) is 3.03. The van der Waals surface area contributed by atoms with Crippen LogP contribution in [0.15, 0.2) is 39.9 Å². The number of urea groups is 1. The first-order chi connectivity index (χ1) is 10.8. The second kappa shape index (κ2) is 6.46. The van der Waals surface area contributed by atoms with Crippen LogP contribution in [0.5, 0.6) is 0 Å². The molecule has 0 saturated carbocycles. The third-order valence-electron chi connectivity index (χ3n) is 3.70. The first kappa shape index (κ1) is 14.4. The summed E-state index contributed by atoms with van der Waals surface area (Å²) < 4.78 is 10.9. The average Bonchev–Trinajstić information content (AvgIpc) is 3.23. The first-order valence-corrected chi connectivity index (χ1v) is 7.29. The number of nitrogens with zero attached hydrogens (tertiary/aromatic N) is 3. The molecule has 3 rings (SSSR count). The fourth-order valence-electron chi connectivity index (χ4n) is 2.50. The number of rotatable bonds is 4. The van der Waals surface area contributed by atoms with Crippen molar-refractivity contribution in [1.29, 1.82) is 0 Å². The smallest absolute Gasteiger partial charge is 0.317 e. The number of piperidine rings is 1. The van der Waals surface area contributed by atoms with Crippen molar-refractivity contribution in [2.45, 2.75) is 18.8 Å². The molecule has 1 fully saturated rings. The van der Waals surface area contributed by atoms with E-state index in [0.29, 0.717) is 37.2 Å². The predicted molar refractivity (Wildman–Crippen MR) is 79.1 cm³/mol. The van der Waals surface area contributed by atoms with Crippen molar-refractivity contribution in [2.24, 2.45) is 0 Å². The van der Waals surface area contributed by atoms with Crippen LogP contribution in [0.2, 0.25) is 0 Å². The van der Waals surface area contributed by atoms with Crippen LogP contribution in [0.3, 0.4) is 0 Å². The molecule has 1 saturated heterocycles. The normalized spacial score (nSPS) is 15.7. The SMILES string of the molecule is C=CCNC(=O)N1CCC(c2nnc(-c3ccco3)o2)CC1. The lowest BCUT2D eigenvalue weighted by Crippen LogP contribution is -2.44. The highest BCUT2D eigenvalue weighted by Gasteiger charge is 2.27. The predicted octanol–water partition coefficient (Wildman–Crippen LogP) is 2.40. The zero-order valence-corrected chi connectivity index (χ0v) is 12.2. The van der Waals surface area contributed by atoms with E-state index in [1.54, 1.807) is 29.4 Å². The monoisotopic (exact) mass is 302 g/mol. The van der Waals surface area contributed by atoms with Crippen LogP contribution in [-0.2, 0) is 0 Å². The largest absolute Gasteiger partial charge is 0.459 e. The van der Waals surface area contributed by atoms with Gasteiger partial charge in [-0.2, -0.15) is 0 Å². The Kier molecular flexibility index (Phi) is 4.22. The summed E-state index contributed by atoms with van der Waals surface area (Å²) in [6.45, 7) is 5.41. The number of furan rings is 1. The molecule has 1 aliphatic rings. The van der Waals surface area contributed by atoms with E-state index < -0.39 is 0 Å². The van der Waals surface area contributed by atoms with Crippen LogP contribution in [0.25, 0.3) is 11.7 Å². The maximum Gasteiger partial charge on any atom is 0.317 e. The molecule has 0 aromatic carbocycles. The number of amides is 2. The van der Waals surface area contributed by atoms with Gasteiger partial charge in [0.15, 0.2) is 5.76 Å².